The lowest BCUT2D eigenvalue weighted by Gasteiger charge is -2.36. The number of anilines is 1. The Balaban J connectivity index is 1.18. The summed E-state index contributed by atoms with van der Waals surface area (Å²) >= 11 is 0. The quantitative estimate of drug-likeness (QED) is 0.284. The number of aromatic nitrogens is 6. The summed E-state index contributed by atoms with van der Waals surface area (Å²) in [6.45, 7) is 7.53. The van der Waals surface area contributed by atoms with Gasteiger partial charge in [-0.15, -0.1) is 0 Å². The number of amides is 1. The number of nitrogens with one attached hydrogen (secondary N) is 1. The molecule has 0 radical (unpaired) electrons. The van der Waals surface area contributed by atoms with Gasteiger partial charge in [-0.05, 0) is 100 Å². The van der Waals surface area contributed by atoms with Crippen LogP contribution in [-0.2, 0) is 11.2 Å². The molecular weight excluding hydrogens is 554 g/mol. The summed E-state index contributed by atoms with van der Waals surface area (Å²) < 4.78 is 9.29. The van der Waals surface area contributed by atoms with Crippen LogP contribution >= 0.6 is 0 Å². The Morgan fingerprint density at radius 3 is 2.61 bits per heavy atom. The Morgan fingerprint density at radius 1 is 1.02 bits per heavy atom. The number of hydrogen-bond acceptors (Lipinski definition) is 8. The first kappa shape index (κ1) is 28.0. The number of fused-ring (bicyclic) bond motifs is 2. The third kappa shape index (κ3) is 5.39. The number of aryl methyl sites for hydroxylation is 1. The molecule has 1 saturated heterocycles. The van der Waals surface area contributed by atoms with Crippen molar-refractivity contribution in [1.82, 2.24) is 39.5 Å². The van der Waals surface area contributed by atoms with Gasteiger partial charge in [0.05, 0.1) is 5.56 Å². The third-order valence-corrected chi connectivity index (χ3v) is 8.43. The van der Waals surface area contributed by atoms with Crippen LogP contribution in [0.2, 0.25) is 0 Å². The number of rotatable bonds is 5. The Morgan fingerprint density at radius 2 is 1.86 bits per heavy atom. The Bertz CT molecular complexity index is 1820. The van der Waals surface area contributed by atoms with Crippen molar-refractivity contribution in [1.29, 1.82) is 0 Å². The Kier molecular flexibility index (Phi) is 7.04. The van der Waals surface area contributed by atoms with E-state index in [9.17, 15) is 4.79 Å². The molecule has 0 saturated carbocycles. The van der Waals surface area contributed by atoms with Crippen LogP contribution in [0.1, 0.15) is 57.2 Å². The number of nitrogens with zero attached hydrogens (tertiary/aromatic N) is 7. The number of piperidine rings is 1. The number of nitrogens with two attached hydrogens (primary N) is 1. The number of carbonyl (C=O) groups is 1. The molecule has 1 unspecified atom stereocenters. The highest BCUT2D eigenvalue weighted by Crippen LogP contribution is 2.39. The molecule has 2 aliphatic rings. The molecule has 5 aromatic rings. The lowest BCUT2D eigenvalue weighted by Crippen LogP contribution is -2.46. The van der Waals surface area contributed by atoms with E-state index in [1.54, 1.807) is 17.1 Å². The maximum absolute atomic E-state index is 12.3. The molecule has 1 fully saturated rings. The van der Waals surface area contributed by atoms with Crippen LogP contribution in [0.15, 0.2) is 67.1 Å². The van der Waals surface area contributed by atoms with E-state index in [-0.39, 0.29) is 12.1 Å². The van der Waals surface area contributed by atoms with Gasteiger partial charge in [0.1, 0.15) is 16.9 Å². The molecule has 1 amide bonds. The molecule has 226 valence electrons. The summed E-state index contributed by atoms with van der Waals surface area (Å²) in [7, 11) is 0. The summed E-state index contributed by atoms with van der Waals surface area (Å²) in [5, 5.41) is 7.43. The zero-order chi connectivity index (χ0) is 30.4. The van der Waals surface area contributed by atoms with Gasteiger partial charge in [-0.1, -0.05) is 6.07 Å². The van der Waals surface area contributed by atoms with Crippen LogP contribution in [0.3, 0.4) is 0 Å². The number of likely N-dealkylation sites (tertiary alicyclic amines) is 1. The molecule has 1 atom stereocenters. The summed E-state index contributed by atoms with van der Waals surface area (Å²) in [4.78, 5) is 29.1. The van der Waals surface area contributed by atoms with Crippen molar-refractivity contribution in [3.63, 3.8) is 0 Å². The van der Waals surface area contributed by atoms with E-state index >= 15 is 0 Å². The van der Waals surface area contributed by atoms with E-state index in [1.165, 1.54) is 11.1 Å². The number of benzene rings is 1. The van der Waals surface area contributed by atoms with Crippen molar-refractivity contribution in [2.45, 2.75) is 64.1 Å². The first-order valence-electron chi connectivity index (χ1n) is 15.2. The van der Waals surface area contributed by atoms with Gasteiger partial charge in [-0.3, -0.25) is 9.47 Å². The standard InChI is InChI=1S/C33H37N9O2/c1-33(2,3)44-32(43)37-22-13-18-40(19-14-22)27-11-7-21-20-23(8-9-24(21)27)42-30(25-6-4-15-35-29(25)34)38-26-10-12-28(39-31(26)42)41-17-5-16-36-41/h4-6,8-10,12,15-17,20,22,27H,7,11,13-14,18-19H2,1-3H3,(H2,34,35)(H,37,43). The van der Waals surface area contributed by atoms with Gasteiger partial charge in [-0.25, -0.2) is 24.4 Å². The Hall–Kier alpha value is -4.77. The van der Waals surface area contributed by atoms with Gasteiger partial charge in [0.15, 0.2) is 17.3 Å². The van der Waals surface area contributed by atoms with E-state index in [2.05, 4.69) is 43.1 Å². The monoisotopic (exact) mass is 591 g/mol. The van der Waals surface area contributed by atoms with Crippen molar-refractivity contribution in [2.24, 2.45) is 0 Å². The molecule has 0 bridgehead atoms. The number of hydrogen-bond donors (Lipinski definition) is 2. The molecule has 1 aliphatic carbocycles. The molecule has 4 aromatic heterocycles. The van der Waals surface area contributed by atoms with Crippen molar-refractivity contribution in [2.75, 3.05) is 18.8 Å². The molecule has 11 nitrogen and oxygen atoms in total. The predicted octanol–water partition coefficient (Wildman–Crippen LogP) is 5.23. The van der Waals surface area contributed by atoms with E-state index in [4.69, 9.17) is 20.4 Å². The normalized spacial score (nSPS) is 17.6. The SMILES string of the molecule is CC(C)(C)OC(=O)NC1CCN(C2CCc3cc(-n4c(-c5cccnc5N)nc5ccc(-n6cccn6)nc54)ccc32)CC1. The number of imidazole rings is 1. The second-order valence-corrected chi connectivity index (χ2v) is 12.6. The highest BCUT2D eigenvalue weighted by atomic mass is 16.6. The molecule has 1 aliphatic heterocycles. The van der Waals surface area contributed by atoms with Gasteiger partial charge in [0.2, 0.25) is 0 Å². The summed E-state index contributed by atoms with van der Waals surface area (Å²) in [5.41, 5.74) is 11.8. The average Bonchev–Trinajstić information content (AvgIpc) is 3.75. The fourth-order valence-corrected chi connectivity index (χ4v) is 6.44. The van der Waals surface area contributed by atoms with Crippen LogP contribution in [0.5, 0.6) is 0 Å². The number of pyridine rings is 2. The minimum absolute atomic E-state index is 0.135. The van der Waals surface area contributed by atoms with Crippen molar-refractivity contribution >= 4 is 23.1 Å². The molecule has 0 spiro atoms. The third-order valence-electron chi connectivity index (χ3n) is 8.43. The molecular formula is C33H37N9O2. The summed E-state index contributed by atoms with van der Waals surface area (Å²) in [6.07, 6.45) is 8.84. The number of nitrogen functional groups attached to an aromatic ring is 1. The highest BCUT2D eigenvalue weighted by molar-refractivity contribution is 5.83. The van der Waals surface area contributed by atoms with Crippen LogP contribution in [-0.4, -0.2) is 65.0 Å². The zero-order valence-electron chi connectivity index (χ0n) is 25.3. The molecule has 11 heteroatoms. The molecule has 44 heavy (non-hydrogen) atoms. The van der Waals surface area contributed by atoms with Crippen molar-refractivity contribution in [3.05, 3.63) is 78.2 Å². The first-order chi connectivity index (χ1) is 21.2. The largest absolute Gasteiger partial charge is 0.444 e. The lowest BCUT2D eigenvalue weighted by molar-refractivity contribution is 0.0467. The molecule has 3 N–H and O–H groups in total. The number of carbonyl (C=O) groups excluding carboxylic acids is 1. The van der Waals surface area contributed by atoms with Gasteiger partial charge in [0, 0.05) is 49.5 Å². The summed E-state index contributed by atoms with van der Waals surface area (Å²) in [5.74, 6) is 1.83. The first-order valence-corrected chi connectivity index (χ1v) is 15.2. The molecule has 5 heterocycles. The number of alkyl carbamates (subject to hydrolysis) is 1. The van der Waals surface area contributed by atoms with Crippen LogP contribution in [0, 0.1) is 0 Å². The maximum atomic E-state index is 12.3. The minimum atomic E-state index is -0.496. The second-order valence-electron chi connectivity index (χ2n) is 12.6. The summed E-state index contributed by atoms with van der Waals surface area (Å²) in [6, 6.07) is 16.8. The Labute approximate surface area is 256 Å². The maximum Gasteiger partial charge on any atom is 0.407 e. The van der Waals surface area contributed by atoms with E-state index < -0.39 is 5.60 Å². The topological polar surface area (TPSA) is 129 Å². The van der Waals surface area contributed by atoms with Gasteiger partial charge in [-0.2, -0.15) is 5.10 Å². The second kappa shape index (κ2) is 11.1. The van der Waals surface area contributed by atoms with Crippen molar-refractivity contribution in [3.8, 4) is 22.9 Å². The molecule has 7 rings (SSSR count). The fourth-order valence-electron chi connectivity index (χ4n) is 6.44. The molecule has 1 aromatic carbocycles. The van der Waals surface area contributed by atoms with Gasteiger partial charge >= 0.3 is 6.09 Å². The average molecular weight is 592 g/mol. The number of ether oxygens (including phenoxy) is 1. The lowest BCUT2D eigenvalue weighted by atomic mass is 10.00. The zero-order valence-corrected chi connectivity index (χ0v) is 25.3. The van der Waals surface area contributed by atoms with Gasteiger partial charge < -0.3 is 15.8 Å². The van der Waals surface area contributed by atoms with E-state index in [0.29, 0.717) is 23.5 Å². The van der Waals surface area contributed by atoms with Crippen LogP contribution in [0.25, 0.3) is 34.1 Å². The smallest absolute Gasteiger partial charge is 0.407 e. The van der Waals surface area contributed by atoms with Crippen LogP contribution < -0.4 is 11.1 Å². The highest BCUT2D eigenvalue weighted by Gasteiger charge is 2.32. The van der Waals surface area contributed by atoms with Crippen LogP contribution in [0.4, 0.5) is 10.6 Å². The fraction of sp³-hybridized carbons (Fsp3) is 0.364. The van der Waals surface area contributed by atoms with E-state index in [1.807, 2.05) is 57.3 Å². The predicted molar refractivity (Wildman–Crippen MR) is 169 cm³/mol. The minimum Gasteiger partial charge on any atom is -0.444 e. The van der Waals surface area contributed by atoms with E-state index in [0.717, 1.165) is 61.2 Å². The van der Waals surface area contributed by atoms with Gasteiger partial charge in [0.25, 0.3) is 0 Å². The van der Waals surface area contributed by atoms with Crippen molar-refractivity contribution < 1.29 is 9.53 Å².